The molecule has 1 N–H and O–H groups in total. The van der Waals surface area contributed by atoms with Gasteiger partial charge in [-0.25, -0.2) is 8.42 Å². The van der Waals surface area contributed by atoms with E-state index in [0.29, 0.717) is 43.7 Å². The van der Waals surface area contributed by atoms with E-state index in [0.717, 1.165) is 13.0 Å². The minimum Gasteiger partial charge on any atom is -0.486 e. The highest BCUT2D eigenvalue weighted by Crippen LogP contribution is 2.32. The molecule has 0 bridgehead atoms. The molecule has 1 fully saturated rings. The van der Waals surface area contributed by atoms with Crippen LogP contribution < -0.4 is 14.8 Å². The van der Waals surface area contributed by atoms with Crippen molar-refractivity contribution in [2.24, 2.45) is 5.92 Å². The zero-order valence-corrected chi connectivity index (χ0v) is 16.4. The van der Waals surface area contributed by atoms with Crippen molar-refractivity contribution >= 4 is 28.2 Å². The molecule has 0 spiro atoms. The summed E-state index contributed by atoms with van der Waals surface area (Å²) in [6.07, 6.45) is 0.963. The lowest BCUT2D eigenvalue weighted by Gasteiger charge is -2.19. The zero-order chi connectivity index (χ0) is 17.9. The van der Waals surface area contributed by atoms with E-state index in [9.17, 15) is 13.2 Å². The Hall–Kier alpha value is -1.51. The largest absolute Gasteiger partial charge is 0.486 e. The third-order valence-corrected chi connectivity index (χ3v) is 6.30. The van der Waals surface area contributed by atoms with Crippen molar-refractivity contribution in [3.63, 3.8) is 0 Å². The maximum Gasteiger partial charge on any atom is 0.223 e. The monoisotopic (exact) mass is 404 g/mol. The zero-order valence-electron chi connectivity index (χ0n) is 14.8. The number of benzene rings is 1. The maximum absolute atomic E-state index is 12.5. The maximum atomic E-state index is 12.5. The molecule has 0 saturated carbocycles. The fourth-order valence-corrected chi connectivity index (χ4v) is 4.47. The standard InChI is InChI=1S/C17H24N2O5S.ClH/c1-18-11-13-4-6-19(12-13)17(20)5-9-25(21,22)14-2-3-15-16(10-14)24-8-7-23-15;/h2-3,10,13,18H,4-9,11-12H2,1H3;1H. The van der Waals surface area contributed by atoms with Gasteiger partial charge < -0.3 is 19.7 Å². The summed E-state index contributed by atoms with van der Waals surface area (Å²) in [6.45, 7) is 3.13. The smallest absolute Gasteiger partial charge is 0.223 e. The van der Waals surface area contributed by atoms with Gasteiger partial charge in [0.2, 0.25) is 5.91 Å². The minimum absolute atomic E-state index is 0. The van der Waals surface area contributed by atoms with E-state index in [4.69, 9.17) is 9.47 Å². The summed E-state index contributed by atoms with van der Waals surface area (Å²) in [4.78, 5) is 14.2. The highest BCUT2D eigenvalue weighted by Gasteiger charge is 2.27. The number of nitrogens with one attached hydrogen (secondary N) is 1. The van der Waals surface area contributed by atoms with Crippen molar-refractivity contribution in [2.45, 2.75) is 17.7 Å². The minimum atomic E-state index is -3.54. The second-order valence-corrected chi connectivity index (χ2v) is 8.54. The highest BCUT2D eigenvalue weighted by atomic mass is 35.5. The summed E-state index contributed by atoms with van der Waals surface area (Å²) in [5.74, 6) is 1.14. The van der Waals surface area contributed by atoms with Gasteiger partial charge in [0, 0.05) is 25.6 Å². The van der Waals surface area contributed by atoms with Gasteiger partial charge in [-0.3, -0.25) is 4.79 Å². The van der Waals surface area contributed by atoms with E-state index < -0.39 is 9.84 Å². The fraction of sp³-hybridized carbons (Fsp3) is 0.588. The number of sulfone groups is 1. The predicted octanol–water partition coefficient (Wildman–Crippen LogP) is 1.11. The van der Waals surface area contributed by atoms with E-state index in [1.54, 1.807) is 11.0 Å². The summed E-state index contributed by atoms with van der Waals surface area (Å²) in [5, 5.41) is 3.12. The molecule has 1 saturated heterocycles. The summed E-state index contributed by atoms with van der Waals surface area (Å²) >= 11 is 0. The average molecular weight is 405 g/mol. The van der Waals surface area contributed by atoms with Crippen LogP contribution in [0.4, 0.5) is 0 Å². The summed E-state index contributed by atoms with van der Waals surface area (Å²) in [6, 6.07) is 4.59. The highest BCUT2D eigenvalue weighted by molar-refractivity contribution is 7.91. The number of carbonyl (C=O) groups excluding carboxylic acids is 1. The molecule has 1 unspecified atom stereocenters. The van der Waals surface area contributed by atoms with Gasteiger partial charge in [0.1, 0.15) is 13.2 Å². The molecule has 0 radical (unpaired) electrons. The molecule has 146 valence electrons. The Morgan fingerprint density at radius 2 is 2.00 bits per heavy atom. The molecule has 9 heteroatoms. The molecule has 2 aliphatic heterocycles. The van der Waals surface area contributed by atoms with Gasteiger partial charge in [0.25, 0.3) is 0 Å². The van der Waals surface area contributed by atoms with Crippen molar-refractivity contribution in [3.8, 4) is 11.5 Å². The first-order chi connectivity index (χ1) is 12.0. The number of hydrogen-bond acceptors (Lipinski definition) is 6. The topological polar surface area (TPSA) is 84.9 Å². The number of rotatable bonds is 6. The van der Waals surface area contributed by atoms with Crippen molar-refractivity contribution in [1.29, 1.82) is 0 Å². The van der Waals surface area contributed by atoms with E-state index in [1.807, 2.05) is 7.05 Å². The number of amides is 1. The summed E-state index contributed by atoms with van der Waals surface area (Å²) in [5.41, 5.74) is 0. The summed E-state index contributed by atoms with van der Waals surface area (Å²) in [7, 11) is -1.64. The average Bonchev–Trinajstić information content (AvgIpc) is 3.08. The molecule has 2 aliphatic rings. The van der Waals surface area contributed by atoms with Crippen LogP contribution in [0.2, 0.25) is 0 Å². The molecule has 1 amide bonds. The Morgan fingerprint density at radius 3 is 2.73 bits per heavy atom. The lowest BCUT2D eigenvalue weighted by Crippen LogP contribution is -2.31. The number of carbonyl (C=O) groups is 1. The van der Waals surface area contributed by atoms with E-state index in [2.05, 4.69) is 5.32 Å². The van der Waals surface area contributed by atoms with Crippen LogP contribution in [-0.2, 0) is 14.6 Å². The van der Waals surface area contributed by atoms with Crippen LogP contribution in [0.3, 0.4) is 0 Å². The molecule has 0 aromatic heterocycles. The molecule has 1 atom stereocenters. The van der Waals surface area contributed by atoms with Gasteiger partial charge in [-0.1, -0.05) is 0 Å². The van der Waals surface area contributed by atoms with E-state index in [-0.39, 0.29) is 35.4 Å². The van der Waals surface area contributed by atoms with Gasteiger partial charge in [0.05, 0.1) is 10.6 Å². The third-order valence-electron chi connectivity index (χ3n) is 4.59. The fourth-order valence-electron chi connectivity index (χ4n) is 3.23. The number of ether oxygens (including phenoxy) is 2. The second kappa shape index (κ2) is 8.92. The molecule has 3 rings (SSSR count). The number of nitrogens with zero attached hydrogens (tertiary/aromatic N) is 1. The molecule has 2 heterocycles. The first-order valence-corrected chi connectivity index (χ1v) is 10.2. The van der Waals surface area contributed by atoms with E-state index >= 15 is 0 Å². The SMILES string of the molecule is CNCC1CCN(C(=O)CCS(=O)(=O)c2ccc3c(c2)OCCO3)C1.Cl. The van der Waals surface area contributed by atoms with Crippen molar-refractivity contribution < 1.29 is 22.7 Å². The molecule has 26 heavy (non-hydrogen) atoms. The first kappa shape index (κ1) is 20.8. The molecular formula is C17H25ClN2O5S. The number of halogens is 1. The Balaban J connectivity index is 0.00000243. The Labute approximate surface area is 160 Å². The molecule has 1 aromatic carbocycles. The van der Waals surface area contributed by atoms with Crippen molar-refractivity contribution in [3.05, 3.63) is 18.2 Å². The van der Waals surface area contributed by atoms with Gasteiger partial charge in [-0.15, -0.1) is 12.4 Å². The van der Waals surface area contributed by atoms with Crippen LogP contribution in [0, 0.1) is 5.92 Å². The first-order valence-electron chi connectivity index (χ1n) is 8.54. The van der Waals surface area contributed by atoms with Crippen molar-refractivity contribution in [1.82, 2.24) is 10.2 Å². The van der Waals surface area contributed by atoms with Gasteiger partial charge in [0.15, 0.2) is 21.3 Å². The van der Waals surface area contributed by atoms with Gasteiger partial charge in [-0.05, 0) is 38.1 Å². The molecular weight excluding hydrogens is 380 g/mol. The van der Waals surface area contributed by atoms with Crippen LogP contribution in [-0.4, -0.2) is 64.9 Å². The number of fused-ring (bicyclic) bond motifs is 1. The van der Waals surface area contributed by atoms with E-state index in [1.165, 1.54) is 12.1 Å². The second-order valence-electron chi connectivity index (χ2n) is 6.43. The molecule has 0 aliphatic carbocycles. The van der Waals surface area contributed by atoms with Crippen LogP contribution >= 0.6 is 12.4 Å². The lowest BCUT2D eigenvalue weighted by atomic mass is 10.1. The van der Waals surface area contributed by atoms with Crippen LogP contribution in [0.25, 0.3) is 0 Å². The Bertz CT molecular complexity index is 741. The van der Waals surface area contributed by atoms with Crippen molar-refractivity contribution in [2.75, 3.05) is 45.6 Å². The quantitative estimate of drug-likeness (QED) is 0.764. The summed E-state index contributed by atoms with van der Waals surface area (Å²) < 4.78 is 35.9. The molecule has 7 nitrogen and oxygen atoms in total. The van der Waals surface area contributed by atoms with Gasteiger partial charge >= 0.3 is 0 Å². The number of likely N-dealkylation sites (tertiary alicyclic amines) is 1. The van der Waals surface area contributed by atoms with Crippen LogP contribution in [0.15, 0.2) is 23.1 Å². The Morgan fingerprint density at radius 1 is 1.27 bits per heavy atom. The molecule has 1 aromatic rings. The number of hydrogen-bond donors (Lipinski definition) is 1. The normalized spacial score (nSPS) is 19.1. The lowest BCUT2D eigenvalue weighted by molar-refractivity contribution is -0.129. The van der Waals surface area contributed by atoms with Crippen LogP contribution in [0.1, 0.15) is 12.8 Å². The third kappa shape index (κ3) is 4.81. The van der Waals surface area contributed by atoms with Gasteiger partial charge in [-0.2, -0.15) is 0 Å². The Kier molecular flexibility index (Phi) is 7.14. The predicted molar refractivity (Wildman–Crippen MR) is 100.0 cm³/mol. The van der Waals surface area contributed by atoms with Crippen LogP contribution in [0.5, 0.6) is 11.5 Å².